The monoisotopic (exact) mass is 488 g/mol. The number of hydrogen-bond donors (Lipinski definition) is 1. The Morgan fingerprint density at radius 1 is 0.971 bits per heavy atom. The van der Waals surface area contributed by atoms with Gasteiger partial charge in [-0.05, 0) is 34.7 Å². The maximum absolute atomic E-state index is 15.7. The predicted octanol–water partition coefficient (Wildman–Crippen LogP) is 3.47. The molecule has 0 aliphatic heterocycles. The van der Waals surface area contributed by atoms with E-state index in [1.807, 2.05) is 0 Å². The molecule has 0 radical (unpaired) electrons. The molecule has 15 heteroatoms. The van der Waals surface area contributed by atoms with Crippen molar-refractivity contribution < 1.29 is 40.6 Å². The molecule has 1 unspecified atom stereocenters. The number of aromatic nitrogens is 6. The van der Waals surface area contributed by atoms with Gasteiger partial charge in [0.2, 0.25) is 0 Å². The third kappa shape index (κ3) is 4.33. The van der Waals surface area contributed by atoms with Crippen LogP contribution in [0.4, 0.5) is 30.7 Å². The Hall–Kier alpha value is -3.88. The number of nitrogens with zero attached hydrogens (tertiary/aromatic N) is 6. The van der Waals surface area contributed by atoms with E-state index in [0.29, 0.717) is 29.1 Å². The van der Waals surface area contributed by atoms with Crippen LogP contribution in [0.3, 0.4) is 0 Å². The van der Waals surface area contributed by atoms with E-state index in [-0.39, 0.29) is 11.0 Å². The number of halogens is 7. The smallest absolute Gasteiger partial charge is 0.406 e. The number of benzene rings is 2. The Balaban J connectivity index is 1.81. The van der Waals surface area contributed by atoms with Crippen molar-refractivity contribution in [1.29, 1.82) is 0 Å². The van der Waals surface area contributed by atoms with Crippen molar-refractivity contribution in [2.75, 3.05) is 0 Å². The Labute approximate surface area is 184 Å². The highest BCUT2D eigenvalue weighted by Gasteiger charge is 2.58. The summed E-state index contributed by atoms with van der Waals surface area (Å²) in [5.74, 6) is -7.58. The van der Waals surface area contributed by atoms with Gasteiger partial charge in [-0.15, -0.1) is 18.3 Å². The van der Waals surface area contributed by atoms with Crippen LogP contribution in [-0.4, -0.2) is 41.6 Å². The quantitative estimate of drug-likeness (QED) is 0.415. The van der Waals surface area contributed by atoms with Gasteiger partial charge in [-0.2, -0.15) is 8.78 Å². The highest BCUT2D eigenvalue weighted by atomic mass is 19.4. The molecule has 4 aromatic rings. The van der Waals surface area contributed by atoms with Gasteiger partial charge in [0.1, 0.15) is 29.4 Å². The molecular formula is C19H11F7N6O2. The summed E-state index contributed by atoms with van der Waals surface area (Å²) >= 11 is 0. The molecule has 0 aliphatic carbocycles. The van der Waals surface area contributed by atoms with E-state index in [9.17, 15) is 27.1 Å². The zero-order chi connectivity index (χ0) is 24.7. The maximum atomic E-state index is 15.7. The third-order valence-electron chi connectivity index (χ3n) is 4.75. The standard InChI is InChI=1S/C19H11F7N6O2/c20-10-1-3-12(13(21)5-10)17(33,8-32-9-28-30-31-32)18(22,23)16-7-27-15-6-11(34-19(24,25)26)2-4-14(15)29-16/h1-7,9,33H,8H2. The van der Waals surface area contributed by atoms with E-state index >= 15 is 8.78 Å². The molecule has 0 spiro atoms. The first kappa shape index (κ1) is 23.3. The third-order valence-corrected chi connectivity index (χ3v) is 4.75. The van der Waals surface area contributed by atoms with Crippen molar-refractivity contribution in [2.45, 2.75) is 24.4 Å². The zero-order valence-electron chi connectivity index (χ0n) is 16.5. The molecule has 0 bridgehead atoms. The molecule has 178 valence electrons. The van der Waals surface area contributed by atoms with Crippen LogP contribution in [0.5, 0.6) is 5.75 Å². The summed E-state index contributed by atoms with van der Waals surface area (Å²) in [6.07, 6.45) is -3.59. The number of aliphatic hydroxyl groups is 1. The summed E-state index contributed by atoms with van der Waals surface area (Å²) in [6.45, 7) is -1.08. The summed E-state index contributed by atoms with van der Waals surface area (Å²) in [4.78, 5) is 7.36. The lowest BCUT2D eigenvalue weighted by atomic mass is 9.85. The molecule has 0 aliphatic rings. The maximum Gasteiger partial charge on any atom is 0.573 e. The first-order valence-corrected chi connectivity index (χ1v) is 9.18. The van der Waals surface area contributed by atoms with Crippen molar-refractivity contribution in [3.8, 4) is 5.75 Å². The van der Waals surface area contributed by atoms with Crippen LogP contribution in [0.25, 0.3) is 11.0 Å². The van der Waals surface area contributed by atoms with Crippen molar-refractivity contribution in [1.82, 2.24) is 30.2 Å². The minimum atomic E-state index is -4.99. The highest BCUT2D eigenvalue weighted by Crippen LogP contribution is 2.46. The summed E-state index contributed by atoms with van der Waals surface area (Å²) in [5.41, 5.74) is -6.01. The van der Waals surface area contributed by atoms with Crippen molar-refractivity contribution in [3.63, 3.8) is 0 Å². The molecule has 1 N–H and O–H groups in total. The largest absolute Gasteiger partial charge is 0.573 e. The SMILES string of the molecule is OC(Cn1cnnn1)(c1ccc(F)cc1F)C(F)(F)c1cnc2cc(OC(F)(F)F)ccc2n1. The van der Waals surface area contributed by atoms with Crippen molar-refractivity contribution >= 4 is 11.0 Å². The average Bonchev–Trinajstić information content (AvgIpc) is 3.24. The number of ether oxygens (including phenoxy) is 1. The van der Waals surface area contributed by atoms with Crippen LogP contribution in [0.15, 0.2) is 48.9 Å². The van der Waals surface area contributed by atoms with Gasteiger partial charge in [-0.1, -0.05) is 0 Å². The number of alkyl halides is 5. The van der Waals surface area contributed by atoms with Crippen LogP contribution < -0.4 is 4.74 Å². The van der Waals surface area contributed by atoms with E-state index < -0.39 is 53.1 Å². The Morgan fingerprint density at radius 3 is 2.38 bits per heavy atom. The molecule has 0 fully saturated rings. The van der Waals surface area contributed by atoms with Gasteiger partial charge in [0, 0.05) is 17.7 Å². The molecule has 0 saturated heterocycles. The second-order valence-corrected chi connectivity index (χ2v) is 7.02. The fourth-order valence-electron chi connectivity index (χ4n) is 3.22. The molecule has 34 heavy (non-hydrogen) atoms. The van der Waals surface area contributed by atoms with E-state index in [4.69, 9.17) is 0 Å². The number of rotatable bonds is 6. The van der Waals surface area contributed by atoms with Gasteiger partial charge in [0.15, 0.2) is 5.60 Å². The number of hydrogen-bond acceptors (Lipinski definition) is 7. The van der Waals surface area contributed by atoms with Crippen LogP contribution in [-0.2, 0) is 18.1 Å². The first-order valence-electron chi connectivity index (χ1n) is 9.18. The van der Waals surface area contributed by atoms with Crippen LogP contribution in [0, 0.1) is 11.6 Å². The highest BCUT2D eigenvalue weighted by molar-refractivity contribution is 5.75. The lowest BCUT2D eigenvalue weighted by molar-refractivity contribution is -0.274. The summed E-state index contributed by atoms with van der Waals surface area (Å²) in [6, 6.07) is 4.22. The Bertz CT molecular complexity index is 1330. The van der Waals surface area contributed by atoms with E-state index in [0.717, 1.165) is 24.5 Å². The topological polar surface area (TPSA) is 98.8 Å². The minimum absolute atomic E-state index is 0.224. The van der Waals surface area contributed by atoms with Gasteiger partial charge in [0.05, 0.1) is 23.8 Å². The molecule has 2 heterocycles. The first-order chi connectivity index (χ1) is 15.9. The van der Waals surface area contributed by atoms with E-state index in [2.05, 4.69) is 30.2 Å². The van der Waals surface area contributed by atoms with Gasteiger partial charge in [-0.3, -0.25) is 4.98 Å². The lowest BCUT2D eigenvalue weighted by Crippen LogP contribution is -2.48. The van der Waals surface area contributed by atoms with Crippen LogP contribution >= 0.6 is 0 Å². The normalized spacial score (nSPS) is 14.2. The molecule has 2 aromatic carbocycles. The van der Waals surface area contributed by atoms with Gasteiger partial charge in [0.25, 0.3) is 0 Å². The van der Waals surface area contributed by atoms with E-state index in [1.165, 1.54) is 0 Å². The number of tetrazole rings is 1. The summed E-state index contributed by atoms with van der Waals surface area (Å²) in [5, 5.41) is 21.0. The fourth-order valence-corrected chi connectivity index (χ4v) is 3.22. The van der Waals surface area contributed by atoms with Gasteiger partial charge < -0.3 is 9.84 Å². The molecule has 8 nitrogen and oxygen atoms in total. The lowest BCUT2D eigenvalue weighted by Gasteiger charge is -2.35. The Morgan fingerprint density at radius 2 is 1.74 bits per heavy atom. The molecule has 0 saturated carbocycles. The van der Waals surface area contributed by atoms with Crippen molar-refractivity contribution in [3.05, 3.63) is 71.8 Å². The predicted molar refractivity (Wildman–Crippen MR) is 98.2 cm³/mol. The van der Waals surface area contributed by atoms with Gasteiger partial charge in [-0.25, -0.2) is 18.4 Å². The van der Waals surface area contributed by atoms with Crippen molar-refractivity contribution in [2.24, 2.45) is 0 Å². The molecule has 0 amide bonds. The average molecular weight is 488 g/mol. The second-order valence-electron chi connectivity index (χ2n) is 7.02. The van der Waals surface area contributed by atoms with Gasteiger partial charge >= 0.3 is 12.3 Å². The summed E-state index contributed by atoms with van der Waals surface area (Å²) in [7, 11) is 0. The minimum Gasteiger partial charge on any atom is -0.406 e. The summed E-state index contributed by atoms with van der Waals surface area (Å²) < 4.78 is 101. The Kier molecular flexibility index (Phi) is 5.59. The molecule has 1 atom stereocenters. The molecule has 4 rings (SSSR count). The fraction of sp³-hybridized carbons (Fsp3) is 0.211. The van der Waals surface area contributed by atoms with E-state index in [1.54, 1.807) is 0 Å². The molecule has 2 aromatic heterocycles. The number of fused-ring (bicyclic) bond motifs is 1. The zero-order valence-corrected chi connectivity index (χ0v) is 16.5. The van der Waals surface area contributed by atoms with Crippen LogP contribution in [0.1, 0.15) is 11.3 Å². The second kappa shape index (κ2) is 8.16. The molecular weight excluding hydrogens is 477 g/mol. The van der Waals surface area contributed by atoms with Crippen LogP contribution in [0.2, 0.25) is 0 Å².